The molecule has 1 atom stereocenters. The summed E-state index contributed by atoms with van der Waals surface area (Å²) in [6.07, 6.45) is -4.79. The maximum absolute atomic E-state index is 12.7. The third-order valence-corrected chi connectivity index (χ3v) is 2.38. The zero-order chi connectivity index (χ0) is 13.8. The highest BCUT2D eigenvalue weighted by atomic mass is 19.4. The highest BCUT2D eigenvalue weighted by Gasteiger charge is 2.33. The molecule has 1 aromatic rings. The molecule has 0 aliphatic heterocycles. The van der Waals surface area contributed by atoms with Gasteiger partial charge in [-0.15, -0.1) is 0 Å². The van der Waals surface area contributed by atoms with Crippen molar-refractivity contribution >= 4 is 5.91 Å². The molecule has 1 rings (SSSR count). The predicted molar refractivity (Wildman–Crippen MR) is 57.7 cm³/mol. The number of rotatable bonds is 4. The molecule has 0 bridgehead atoms. The van der Waals surface area contributed by atoms with Gasteiger partial charge in [-0.2, -0.15) is 13.2 Å². The number of amides is 1. The summed E-state index contributed by atoms with van der Waals surface area (Å²) in [6, 6.07) is 4.26. The number of hydrogen-bond donors (Lipinski definition) is 3. The molecule has 0 aliphatic carbocycles. The molecule has 0 heterocycles. The first-order chi connectivity index (χ1) is 8.34. The summed E-state index contributed by atoms with van der Waals surface area (Å²) in [4.78, 5) is 10.8. The van der Waals surface area contributed by atoms with Crippen LogP contribution in [0, 0.1) is 0 Å². The SMILES string of the molecule is N[C@@H](CC(=O)NO)Cc1ccccc1C(F)(F)F. The van der Waals surface area contributed by atoms with Crippen molar-refractivity contribution in [3.63, 3.8) is 0 Å². The van der Waals surface area contributed by atoms with Crippen molar-refractivity contribution in [2.45, 2.75) is 25.1 Å². The Morgan fingerprint density at radius 2 is 2.00 bits per heavy atom. The number of halogens is 3. The maximum atomic E-state index is 12.7. The molecule has 1 amide bonds. The van der Waals surface area contributed by atoms with E-state index in [0.717, 1.165) is 6.07 Å². The van der Waals surface area contributed by atoms with Crippen molar-refractivity contribution in [3.05, 3.63) is 35.4 Å². The minimum absolute atomic E-state index is 0.0308. The van der Waals surface area contributed by atoms with Gasteiger partial charge in [-0.05, 0) is 18.1 Å². The van der Waals surface area contributed by atoms with E-state index in [1.807, 2.05) is 0 Å². The monoisotopic (exact) mass is 262 g/mol. The maximum Gasteiger partial charge on any atom is 0.416 e. The van der Waals surface area contributed by atoms with Gasteiger partial charge in [-0.1, -0.05) is 18.2 Å². The molecule has 18 heavy (non-hydrogen) atoms. The molecule has 100 valence electrons. The van der Waals surface area contributed by atoms with Crippen LogP contribution in [-0.2, 0) is 17.4 Å². The number of benzene rings is 1. The van der Waals surface area contributed by atoms with Gasteiger partial charge < -0.3 is 5.73 Å². The van der Waals surface area contributed by atoms with Crippen molar-refractivity contribution in [1.82, 2.24) is 5.48 Å². The van der Waals surface area contributed by atoms with E-state index in [2.05, 4.69) is 0 Å². The summed E-state index contributed by atoms with van der Waals surface area (Å²) in [5.74, 6) is -0.730. The zero-order valence-electron chi connectivity index (χ0n) is 9.37. The van der Waals surface area contributed by atoms with Crippen LogP contribution in [0.3, 0.4) is 0 Å². The second-order valence-electron chi connectivity index (χ2n) is 3.86. The standard InChI is InChI=1S/C11H13F3N2O2/c12-11(13,14)9-4-2-1-3-7(9)5-8(15)6-10(17)16-18/h1-4,8,18H,5-6,15H2,(H,16,17)/t8-/m1/s1. The first-order valence-corrected chi connectivity index (χ1v) is 5.18. The van der Waals surface area contributed by atoms with E-state index in [4.69, 9.17) is 10.9 Å². The van der Waals surface area contributed by atoms with Crippen molar-refractivity contribution in [1.29, 1.82) is 0 Å². The molecule has 0 saturated carbocycles. The number of nitrogens with two attached hydrogens (primary N) is 1. The highest BCUT2D eigenvalue weighted by Crippen LogP contribution is 2.32. The fraction of sp³-hybridized carbons (Fsp3) is 0.364. The van der Waals surface area contributed by atoms with Crippen LogP contribution in [0.25, 0.3) is 0 Å². The Morgan fingerprint density at radius 1 is 1.39 bits per heavy atom. The summed E-state index contributed by atoms with van der Waals surface area (Å²) in [5.41, 5.74) is 6.21. The molecule has 0 aliphatic rings. The van der Waals surface area contributed by atoms with Crippen LogP contribution in [-0.4, -0.2) is 17.2 Å². The summed E-state index contributed by atoms with van der Waals surface area (Å²) in [7, 11) is 0. The van der Waals surface area contributed by atoms with E-state index in [0.29, 0.717) is 0 Å². The van der Waals surface area contributed by atoms with E-state index < -0.39 is 23.7 Å². The molecule has 7 heteroatoms. The normalized spacial score (nSPS) is 13.2. The molecule has 4 nitrogen and oxygen atoms in total. The van der Waals surface area contributed by atoms with E-state index >= 15 is 0 Å². The quantitative estimate of drug-likeness (QED) is 0.568. The Morgan fingerprint density at radius 3 is 2.56 bits per heavy atom. The van der Waals surface area contributed by atoms with Crippen LogP contribution in [0.5, 0.6) is 0 Å². The number of alkyl halides is 3. The molecule has 0 radical (unpaired) electrons. The van der Waals surface area contributed by atoms with Gasteiger partial charge in [0, 0.05) is 12.5 Å². The molecule has 0 saturated heterocycles. The van der Waals surface area contributed by atoms with Crippen LogP contribution < -0.4 is 11.2 Å². The fourth-order valence-corrected chi connectivity index (χ4v) is 1.61. The van der Waals surface area contributed by atoms with Gasteiger partial charge in [0.15, 0.2) is 0 Å². The molecule has 0 fully saturated rings. The molecular weight excluding hydrogens is 249 g/mol. The van der Waals surface area contributed by atoms with Crippen LogP contribution in [0.15, 0.2) is 24.3 Å². The molecular formula is C11H13F3N2O2. The number of carbonyl (C=O) groups is 1. The molecule has 0 unspecified atom stereocenters. The average Bonchev–Trinajstić information content (AvgIpc) is 2.27. The molecule has 4 N–H and O–H groups in total. The second kappa shape index (κ2) is 5.83. The predicted octanol–water partition coefficient (Wildman–Crippen LogP) is 1.47. The van der Waals surface area contributed by atoms with Gasteiger partial charge in [0.2, 0.25) is 5.91 Å². The molecule has 1 aromatic carbocycles. The van der Waals surface area contributed by atoms with Crippen LogP contribution in [0.1, 0.15) is 17.5 Å². The lowest BCUT2D eigenvalue weighted by molar-refractivity contribution is -0.138. The molecule has 0 spiro atoms. The Kier molecular flexibility index (Phi) is 4.69. The highest BCUT2D eigenvalue weighted by molar-refractivity contribution is 5.75. The first kappa shape index (κ1) is 14.5. The summed E-state index contributed by atoms with van der Waals surface area (Å²) >= 11 is 0. The van der Waals surface area contributed by atoms with Gasteiger partial charge in [-0.3, -0.25) is 10.0 Å². The van der Waals surface area contributed by atoms with Crippen LogP contribution >= 0.6 is 0 Å². The number of hydrogen-bond acceptors (Lipinski definition) is 3. The van der Waals surface area contributed by atoms with E-state index in [9.17, 15) is 18.0 Å². The summed E-state index contributed by atoms with van der Waals surface area (Å²) in [5, 5.41) is 8.30. The van der Waals surface area contributed by atoms with E-state index in [1.165, 1.54) is 23.7 Å². The Balaban J connectivity index is 2.81. The smallest absolute Gasteiger partial charge is 0.327 e. The number of carbonyl (C=O) groups excluding carboxylic acids is 1. The van der Waals surface area contributed by atoms with Crippen LogP contribution in [0.4, 0.5) is 13.2 Å². The van der Waals surface area contributed by atoms with Gasteiger partial charge in [0.1, 0.15) is 0 Å². The van der Waals surface area contributed by atoms with Crippen molar-refractivity contribution in [2.24, 2.45) is 5.73 Å². The van der Waals surface area contributed by atoms with Crippen LogP contribution in [0.2, 0.25) is 0 Å². The van der Waals surface area contributed by atoms with Gasteiger partial charge in [0.25, 0.3) is 0 Å². The minimum Gasteiger partial charge on any atom is -0.327 e. The topological polar surface area (TPSA) is 75.4 Å². The first-order valence-electron chi connectivity index (χ1n) is 5.18. The zero-order valence-corrected chi connectivity index (χ0v) is 9.37. The van der Waals surface area contributed by atoms with Gasteiger partial charge in [-0.25, -0.2) is 5.48 Å². The van der Waals surface area contributed by atoms with Gasteiger partial charge >= 0.3 is 6.18 Å². The average molecular weight is 262 g/mol. The summed E-state index contributed by atoms with van der Waals surface area (Å²) in [6.45, 7) is 0. The Labute approximate surface area is 102 Å². The largest absolute Gasteiger partial charge is 0.416 e. The van der Waals surface area contributed by atoms with Crippen molar-refractivity contribution in [2.75, 3.05) is 0 Å². The van der Waals surface area contributed by atoms with Crippen molar-refractivity contribution < 1.29 is 23.2 Å². The molecule has 0 aromatic heterocycles. The van der Waals surface area contributed by atoms with Gasteiger partial charge in [0.05, 0.1) is 5.56 Å². The number of hydroxylamine groups is 1. The van der Waals surface area contributed by atoms with Crippen molar-refractivity contribution in [3.8, 4) is 0 Å². The third-order valence-electron chi connectivity index (χ3n) is 2.38. The second-order valence-corrected chi connectivity index (χ2v) is 3.86. The summed E-state index contributed by atoms with van der Waals surface area (Å²) < 4.78 is 38.0. The lowest BCUT2D eigenvalue weighted by Gasteiger charge is -2.15. The Hall–Kier alpha value is -1.60. The van der Waals surface area contributed by atoms with E-state index in [-0.39, 0.29) is 18.4 Å². The minimum atomic E-state index is -4.45. The third kappa shape index (κ3) is 4.01. The fourth-order valence-electron chi connectivity index (χ4n) is 1.61. The van der Waals surface area contributed by atoms with E-state index in [1.54, 1.807) is 0 Å². The lowest BCUT2D eigenvalue weighted by atomic mass is 9.98. The Bertz CT molecular complexity index is 421. The number of nitrogens with one attached hydrogen (secondary N) is 1. The lowest BCUT2D eigenvalue weighted by Crippen LogP contribution is -2.32.